The standard InChI is InChI=1S/C16H27N5O2.2ClH/c1-3-14-18-16(23-19-14)12(2)20-6-8-21(9-7-20)15(22)11-17-10-13-4-5-13;;/h12-13,17H,3-11H2,1-2H3;2*1H. The molecule has 7 nitrogen and oxygen atoms in total. The Balaban J connectivity index is 0.00000156. The predicted octanol–water partition coefficient (Wildman–Crippen LogP) is 1.68. The summed E-state index contributed by atoms with van der Waals surface area (Å²) in [5.74, 6) is 2.45. The van der Waals surface area contributed by atoms with Crippen LogP contribution in [-0.2, 0) is 11.2 Å². The minimum atomic E-state index is 0. The second-order valence-corrected chi connectivity index (χ2v) is 6.57. The first-order chi connectivity index (χ1) is 11.2. The van der Waals surface area contributed by atoms with Gasteiger partial charge in [-0.25, -0.2) is 0 Å². The number of nitrogens with zero attached hydrogens (tertiary/aromatic N) is 4. The topological polar surface area (TPSA) is 74.5 Å². The Morgan fingerprint density at radius 2 is 1.96 bits per heavy atom. The van der Waals surface area contributed by atoms with Gasteiger partial charge in [0.05, 0.1) is 12.6 Å². The number of amides is 1. The maximum atomic E-state index is 12.2. The smallest absolute Gasteiger partial charge is 0.243 e. The van der Waals surface area contributed by atoms with Gasteiger partial charge in [0.2, 0.25) is 11.8 Å². The molecule has 1 aliphatic heterocycles. The summed E-state index contributed by atoms with van der Waals surface area (Å²) in [4.78, 5) is 20.9. The Labute approximate surface area is 161 Å². The van der Waals surface area contributed by atoms with Gasteiger partial charge >= 0.3 is 0 Å². The van der Waals surface area contributed by atoms with Crippen molar-refractivity contribution in [2.45, 2.75) is 39.2 Å². The first kappa shape index (κ1) is 22.2. The van der Waals surface area contributed by atoms with Crippen LogP contribution in [0.4, 0.5) is 0 Å². The fourth-order valence-electron chi connectivity index (χ4n) is 2.91. The van der Waals surface area contributed by atoms with E-state index >= 15 is 0 Å². The van der Waals surface area contributed by atoms with Crippen LogP contribution < -0.4 is 5.32 Å². The van der Waals surface area contributed by atoms with Crippen molar-refractivity contribution in [2.24, 2.45) is 5.92 Å². The Bertz CT molecular complexity index is 530. The maximum Gasteiger partial charge on any atom is 0.243 e. The van der Waals surface area contributed by atoms with E-state index in [0.717, 1.165) is 50.9 Å². The van der Waals surface area contributed by atoms with Gasteiger partial charge in [0.15, 0.2) is 5.82 Å². The number of aromatic nitrogens is 2. The second-order valence-electron chi connectivity index (χ2n) is 6.57. The minimum absolute atomic E-state index is 0. The van der Waals surface area contributed by atoms with Crippen molar-refractivity contribution in [3.05, 3.63) is 11.7 Å². The van der Waals surface area contributed by atoms with Crippen LogP contribution in [0, 0.1) is 5.92 Å². The van der Waals surface area contributed by atoms with Crippen LogP contribution in [0.2, 0.25) is 0 Å². The van der Waals surface area contributed by atoms with E-state index in [1.165, 1.54) is 12.8 Å². The van der Waals surface area contributed by atoms with Crippen molar-refractivity contribution >= 4 is 30.7 Å². The Hall–Kier alpha value is -0.890. The summed E-state index contributed by atoms with van der Waals surface area (Å²) in [5, 5.41) is 7.24. The fraction of sp³-hybridized carbons (Fsp3) is 0.812. The molecule has 1 amide bonds. The van der Waals surface area contributed by atoms with Crippen LogP contribution >= 0.6 is 24.8 Å². The highest BCUT2D eigenvalue weighted by atomic mass is 35.5. The molecule has 1 N–H and O–H groups in total. The van der Waals surface area contributed by atoms with Crippen molar-refractivity contribution in [1.29, 1.82) is 0 Å². The van der Waals surface area contributed by atoms with E-state index in [1.54, 1.807) is 0 Å². The number of hydrogen-bond donors (Lipinski definition) is 1. The summed E-state index contributed by atoms with van der Waals surface area (Å²) in [6, 6.07) is 0.105. The molecule has 144 valence electrons. The lowest BCUT2D eigenvalue weighted by Gasteiger charge is -2.36. The Morgan fingerprint density at radius 3 is 2.52 bits per heavy atom. The molecule has 25 heavy (non-hydrogen) atoms. The summed E-state index contributed by atoms with van der Waals surface area (Å²) in [6.45, 7) is 8.78. The molecule has 0 aromatic carbocycles. The molecule has 3 rings (SSSR count). The van der Waals surface area contributed by atoms with Crippen LogP contribution in [0.25, 0.3) is 0 Å². The fourth-order valence-corrected chi connectivity index (χ4v) is 2.91. The van der Waals surface area contributed by atoms with Crippen molar-refractivity contribution in [3.8, 4) is 0 Å². The molecule has 1 aromatic heterocycles. The third-order valence-corrected chi connectivity index (χ3v) is 4.78. The van der Waals surface area contributed by atoms with Gasteiger partial charge < -0.3 is 14.7 Å². The molecular formula is C16H29Cl2N5O2. The van der Waals surface area contributed by atoms with Crippen LogP contribution in [-0.4, -0.2) is 65.1 Å². The number of halogens is 2. The number of rotatable bonds is 7. The molecule has 1 saturated heterocycles. The van der Waals surface area contributed by atoms with E-state index in [1.807, 2.05) is 11.8 Å². The molecule has 1 atom stereocenters. The second kappa shape index (κ2) is 10.3. The van der Waals surface area contributed by atoms with Crippen LogP contribution in [0.3, 0.4) is 0 Å². The lowest BCUT2D eigenvalue weighted by atomic mass is 10.2. The summed E-state index contributed by atoms with van der Waals surface area (Å²) in [5.41, 5.74) is 0. The van der Waals surface area contributed by atoms with E-state index in [0.29, 0.717) is 12.4 Å². The molecule has 9 heteroatoms. The van der Waals surface area contributed by atoms with E-state index in [2.05, 4.69) is 27.3 Å². The number of aryl methyl sites for hydroxylation is 1. The van der Waals surface area contributed by atoms with Crippen molar-refractivity contribution in [1.82, 2.24) is 25.3 Å². The third kappa shape index (κ3) is 6.09. The lowest BCUT2D eigenvalue weighted by Crippen LogP contribution is -2.51. The van der Waals surface area contributed by atoms with Crippen LogP contribution in [0.1, 0.15) is 44.4 Å². The van der Waals surface area contributed by atoms with E-state index < -0.39 is 0 Å². The molecule has 1 saturated carbocycles. The highest BCUT2D eigenvalue weighted by Gasteiger charge is 2.27. The normalized spacial score (nSPS) is 19.0. The lowest BCUT2D eigenvalue weighted by molar-refractivity contribution is -0.132. The number of hydrogen-bond acceptors (Lipinski definition) is 6. The zero-order chi connectivity index (χ0) is 16.2. The molecule has 2 aliphatic rings. The van der Waals surface area contributed by atoms with Crippen molar-refractivity contribution in [2.75, 3.05) is 39.3 Å². The summed E-state index contributed by atoms with van der Waals surface area (Å²) in [6.07, 6.45) is 3.41. The van der Waals surface area contributed by atoms with Crippen molar-refractivity contribution in [3.63, 3.8) is 0 Å². The number of nitrogens with one attached hydrogen (secondary N) is 1. The minimum Gasteiger partial charge on any atom is -0.339 e. The zero-order valence-electron chi connectivity index (χ0n) is 14.9. The molecule has 0 spiro atoms. The number of carbonyl (C=O) groups is 1. The molecular weight excluding hydrogens is 365 g/mol. The van der Waals surface area contributed by atoms with E-state index in [-0.39, 0.29) is 36.8 Å². The average molecular weight is 394 g/mol. The summed E-state index contributed by atoms with van der Waals surface area (Å²) in [7, 11) is 0. The maximum absolute atomic E-state index is 12.2. The SMILES string of the molecule is CCc1noc(C(C)N2CCN(C(=O)CNCC3CC3)CC2)n1.Cl.Cl. The Morgan fingerprint density at radius 1 is 1.28 bits per heavy atom. The number of carbonyl (C=O) groups excluding carboxylic acids is 1. The van der Waals surface area contributed by atoms with Gasteiger partial charge in [-0.2, -0.15) is 4.98 Å². The quantitative estimate of drug-likeness (QED) is 0.759. The number of piperazine rings is 1. The summed E-state index contributed by atoms with van der Waals surface area (Å²) >= 11 is 0. The predicted molar refractivity (Wildman–Crippen MR) is 100 cm³/mol. The first-order valence-corrected chi connectivity index (χ1v) is 8.72. The highest BCUT2D eigenvalue weighted by Crippen LogP contribution is 2.27. The molecule has 0 radical (unpaired) electrons. The Kier molecular flexibility index (Phi) is 9.13. The first-order valence-electron chi connectivity index (χ1n) is 8.72. The molecule has 1 aliphatic carbocycles. The molecule has 1 unspecified atom stereocenters. The van der Waals surface area contributed by atoms with Gasteiger partial charge in [-0.15, -0.1) is 24.8 Å². The van der Waals surface area contributed by atoms with Gasteiger partial charge in [-0.3, -0.25) is 9.69 Å². The summed E-state index contributed by atoms with van der Waals surface area (Å²) < 4.78 is 5.33. The zero-order valence-corrected chi connectivity index (χ0v) is 16.6. The molecule has 2 heterocycles. The molecule has 1 aromatic rings. The third-order valence-electron chi connectivity index (χ3n) is 4.78. The van der Waals surface area contributed by atoms with Gasteiger partial charge in [-0.05, 0) is 32.2 Å². The molecule has 0 bridgehead atoms. The monoisotopic (exact) mass is 393 g/mol. The van der Waals surface area contributed by atoms with E-state index in [9.17, 15) is 4.79 Å². The van der Waals surface area contributed by atoms with Gasteiger partial charge in [0.25, 0.3) is 0 Å². The van der Waals surface area contributed by atoms with Crippen LogP contribution in [0.5, 0.6) is 0 Å². The highest BCUT2D eigenvalue weighted by molar-refractivity contribution is 5.85. The van der Waals surface area contributed by atoms with Crippen LogP contribution in [0.15, 0.2) is 4.52 Å². The van der Waals surface area contributed by atoms with E-state index in [4.69, 9.17) is 4.52 Å². The van der Waals surface area contributed by atoms with Gasteiger partial charge in [0.1, 0.15) is 0 Å². The average Bonchev–Trinajstić information content (AvgIpc) is 3.28. The van der Waals surface area contributed by atoms with Crippen molar-refractivity contribution < 1.29 is 9.32 Å². The largest absolute Gasteiger partial charge is 0.339 e. The van der Waals surface area contributed by atoms with Gasteiger partial charge in [-0.1, -0.05) is 12.1 Å². The van der Waals surface area contributed by atoms with Gasteiger partial charge in [0, 0.05) is 32.6 Å². The molecule has 2 fully saturated rings.